The van der Waals surface area contributed by atoms with Crippen LogP contribution >= 0.6 is 0 Å². The highest BCUT2D eigenvalue weighted by Crippen LogP contribution is 2.29. The van der Waals surface area contributed by atoms with Gasteiger partial charge < -0.3 is 10.6 Å². The van der Waals surface area contributed by atoms with Gasteiger partial charge in [0.25, 0.3) is 0 Å². The van der Waals surface area contributed by atoms with Gasteiger partial charge in [-0.2, -0.15) is 0 Å². The lowest BCUT2D eigenvalue weighted by molar-refractivity contribution is 0.230. The van der Waals surface area contributed by atoms with Gasteiger partial charge >= 0.3 is 0 Å². The zero-order valence-electron chi connectivity index (χ0n) is 9.26. The molecule has 0 aromatic rings. The molecule has 2 saturated heterocycles. The number of hydrogen-bond donors (Lipinski definition) is 2. The second kappa shape index (κ2) is 5.13. The van der Waals surface area contributed by atoms with Crippen LogP contribution in [0.3, 0.4) is 0 Å². The molecule has 2 heterocycles. The molecule has 1 atom stereocenters. The van der Waals surface area contributed by atoms with Crippen LogP contribution < -0.4 is 10.6 Å². The normalized spacial score (nSPS) is 27.2. The quantitative estimate of drug-likeness (QED) is 0.709. The summed E-state index contributed by atoms with van der Waals surface area (Å²) in [5.74, 6) is 2.70. The van der Waals surface area contributed by atoms with Crippen molar-refractivity contribution in [2.24, 2.45) is 17.8 Å². The molecule has 1 unspecified atom stereocenters. The minimum absolute atomic E-state index is 0.874. The molecule has 2 aliphatic heterocycles. The monoisotopic (exact) mass is 195 g/mol. The molecule has 2 N–H and O–H groups in total. The molecule has 1 radical (unpaired) electrons. The second-order valence-electron chi connectivity index (χ2n) is 4.77. The molecule has 0 aromatic carbocycles. The van der Waals surface area contributed by atoms with E-state index < -0.39 is 0 Å². The van der Waals surface area contributed by atoms with Gasteiger partial charge in [-0.15, -0.1) is 0 Å². The fourth-order valence-corrected chi connectivity index (χ4v) is 2.63. The summed E-state index contributed by atoms with van der Waals surface area (Å²) in [6.45, 7) is 7.28. The lowest BCUT2D eigenvalue weighted by Gasteiger charge is -2.36. The van der Waals surface area contributed by atoms with E-state index >= 15 is 0 Å². The van der Waals surface area contributed by atoms with Crippen molar-refractivity contribution >= 4 is 0 Å². The summed E-state index contributed by atoms with van der Waals surface area (Å²) in [7, 11) is 0. The second-order valence-corrected chi connectivity index (χ2v) is 4.77. The molecule has 2 nitrogen and oxygen atoms in total. The fourth-order valence-electron chi connectivity index (χ4n) is 2.63. The van der Waals surface area contributed by atoms with E-state index in [1.807, 2.05) is 0 Å². The number of rotatable bonds is 4. The Labute approximate surface area is 87.8 Å². The van der Waals surface area contributed by atoms with Gasteiger partial charge in [-0.25, -0.2) is 0 Å². The standard InChI is InChI=1S/C12H23N2/c1-2-11(12-8-14-9-12)7-10-3-5-13-6-4-10/h7,10-14H,2-6,8-9H2,1H3. The van der Waals surface area contributed by atoms with Crippen molar-refractivity contribution in [2.75, 3.05) is 26.2 Å². The van der Waals surface area contributed by atoms with Gasteiger partial charge in [-0.05, 0) is 63.2 Å². The Morgan fingerprint density at radius 2 is 1.93 bits per heavy atom. The van der Waals surface area contributed by atoms with Crippen molar-refractivity contribution in [3.8, 4) is 0 Å². The van der Waals surface area contributed by atoms with Crippen molar-refractivity contribution < 1.29 is 0 Å². The Morgan fingerprint density at radius 3 is 2.43 bits per heavy atom. The van der Waals surface area contributed by atoms with E-state index in [1.165, 1.54) is 45.4 Å². The molecule has 0 spiro atoms. The maximum Gasteiger partial charge on any atom is -0.000549 e. The third-order valence-corrected chi connectivity index (χ3v) is 3.79. The zero-order valence-corrected chi connectivity index (χ0v) is 9.26. The minimum atomic E-state index is 0.874. The average molecular weight is 195 g/mol. The molecule has 14 heavy (non-hydrogen) atoms. The van der Waals surface area contributed by atoms with Crippen LogP contribution in [0.15, 0.2) is 0 Å². The van der Waals surface area contributed by atoms with Gasteiger partial charge in [-0.1, -0.05) is 13.3 Å². The molecule has 0 saturated carbocycles. The Hall–Kier alpha value is -0.0800. The zero-order chi connectivity index (χ0) is 9.80. The van der Waals surface area contributed by atoms with Gasteiger partial charge in [0.2, 0.25) is 0 Å². The van der Waals surface area contributed by atoms with Gasteiger partial charge in [0.1, 0.15) is 0 Å². The molecule has 81 valence electrons. The summed E-state index contributed by atoms with van der Waals surface area (Å²) in [5.41, 5.74) is 0. The molecule has 2 heteroatoms. The molecule has 0 aliphatic carbocycles. The first kappa shape index (κ1) is 10.4. The van der Waals surface area contributed by atoms with Crippen LogP contribution in [0.1, 0.15) is 26.2 Å². The topological polar surface area (TPSA) is 24.1 Å². The highest BCUT2D eigenvalue weighted by Gasteiger charge is 2.28. The molecular weight excluding hydrogens is 172 g/mol. The smallest absolute Gasteiger partial charge is 0.000549 e. The fraction of sp³-hybridized carbons (Fsp3) is 0.917. The summed E-state index contributed by atoms with van der Waals surface area (Å²) in [6.07, 6.45) is 6.70. The first-order valence-corrected chi connectivity index (χ1v) is 6.16. The Balaban J connectivity index is 1.74. The lowest BCUT2D eigenvalue weighted by atomic mass is 9.77. The van der Waals surface area contributed by atoms with Crippen LogP contribution in [-0.4, -0.2) is 26.2 Å². The van der Waals surface area contributed by atoms with Crippen molar-refractivity contribution in [3.05, 3.63) is 6.42 Å². The van der Waals surface area contributed by atoms with Crippen LogP contribution in [0, 0.1) is 24.2 Å². The van der Waals surface area contributed by atoms with E-state index in [0.717, 1.165) is 17.8 Å². The van der Waals surface area contributed by atoms with E-state index in [0.29, 0.717) is 0 Å². The molecule has 2 rings (SSSR count). The molecule has 2 aliphatic rings. The summed E-state index contributed by atoms with van der Waals surface area (Å²) >= 11 is 0. The number of hydrogen-bond acceptors (Lipinski definition) is 2. The minimum Gasteiger partial charge on any atom is -0.317 e. The largest absolute Gasteiger partial charge is 0.317 e. The van der Waals surface area contributed by atoms with E-state index in [2.05, 4.69) is 24.0 Å². The SMILES string of the molecule is CCC([CH]C1CCNCC1)C1CNC1. The summed E-state index contributed by atoms with van der Waals surface area (Å²) in [5, 5.41) is 6.81. The van der Waals surface area contributed by atoms with Gasteiger partial charge in [-0.3, -0.25) is 0 Å². The first-order valence-electron chi connectivity index (χ1n) is 6.16. The Kier molecular flexibility index (Phi) is 3.82. The van der Waals surface area contributed by atoms with Crippen LogP contribution in [0.5, 0.6) is 0 Å². The van der Waals surface area contributed by atoms with Crippen LogP contribution in [-0.2, 0) is 0 Å². The van der Waals surface area contributed by atoms with Crippen LogP contribution in [0.4, 0.5) is 0 Å². The molecule has 0 amide bonds. The molecular formula is C12H23N2. The van der Waals surface area contributed by atoms with Crippen molar-refractivity contribution in [2.45, 2.75) is 26.2 Å². The highest BCUT2D eigenvalue weighted by molar-refractivity contribution is 4.93. The van der Waals surface area contributed by atoms with E-state index in [1.54, 1.807) is 0 Å². The highest BCUT2D eigenvalue weighted by atomic mass is 15.0. The van der Waals surface area contributed by atoms with Crippen molar-refractivity contribution in [3.63, 3.8) is 0 Å². The lowest BCUT2D eigenvalue weighted by Crippen LogP contribution is -2.46. The summed E-state index contributed by atoms with van der Waals surface area (Å²) in [4.78, 5) is 0. The van der Waals surface area contributed by atoms with Gasteiger partial charge in [0.05, 0.1) is 0 Å². The van der Waals surface area contributed by atoms with E-state index in [9.17, 15) is 0 Å². The van der Waals surface area contributed by atoms with Crippen LogP contribution in [0.25, 0.3) is 0 Å². The Morgan fingerprint density at radius 1 is 1.21 bits per heavy atom. The van der Waals surface area contributed by atoms with Crippen molar-refractivity contribution in [1.29, 1.82) is 0 Å². The maximum absolute atomic E-state index is 3.43. The molecule has 2 fully saturated rings. The van der Waals surface area contributed by atoms with E-state index in [-0.39, 0.29) is 0 Å². The first-order chi connectivity index (χ1) is 6.90. The Bertz CT molecular complexity index is 160. The maximum atomic E-state index is 3.43. The molecule has 0 aromatic heterocycles. The van der Waals surface area contributed by atoms with E-state index in [4.69, 9.17) is 0 Å². The number of piperidine rings is 1. The summed E-state index contributed by atoms with van der Waals surface area (Å²) < 4.78 is 0. The van der Waals surface area contributed by atoms with Crippen LogP contribution in [0.2, 0.25) is 0 Å². The average Bonchev–Trinajstić information content (AvgIpc) is 2.15. The summed E-state index contributed by atoms with van der Waals surface area (Å²) in [6, 6.07) is 0. The third kappa shape index (κ3) is 2.48. The van der Waals surface area contributed by atoms with Gasteiger partial charge in [0.15, 0.2) is 0 Å². The van der Waals surface area contributed by atoms with Crippen molar-refractivity contribution in [1.82, 2.24) is 10.6 Å². The number of nitrogens with one attached hydrogen (secondary N) is 2. The predicted octanol–water partition coefficient (Wildman–Crippen LogP) is 1.44. The predicted molar refractivity (Wildman–Crippen MR) is 60.0 cm³/mol. The third-order valence-electron chi connectivity index (χ3n) is 3.79. The van der Waals surface area contributed by atoms with Gasteiger partial charge in [0, 0.05) is 0 Å². The molecule has 0 bridgehead atoms.